The van der Waals surface area contributed by atoms with E-state index in [2.05, 4.69) is 40.7 Å². The molecule has 1 aromatic carbocycles. The highest BCUT2D eigenvalue weighted by Crippen LogP contribution is 2.29. The Bertz CT molecular complexity index is 1140. The second kappa shape index (κ2) is 10.7. The molecule has 2 heterocycles. The fourth-order valence-electron chi connectivity index (χ4n) is 5.28. The van der Waals surface area contributed by atoms with Crippen LogP contribution < -0.4 is 15.5 Å². The number of nitrogens with one attached hydrogen (secondary N) is 2. The number of benzene rings is 1. The number of nitrogens with zero attached hydrogens (tertiary/aromatic N) is 4. The molecule has 0 spiro atoms. The van der Waals surface area contributed by atoms with Crippen molar-refractivity contribution in [2.75, 3.05) is 24.3 Å². The Hall–Kier alpha value is -3.06. The normalized spacial score (nSPS) is 19.7. The summed E-state index contributed by atoms with van der Waals surface area (Å²) in [6.45, 7) is 0.783. The fourth-order valence-corrected chi connectivity index (χ4v) is 5.28. The summed E-state index contributed by atoms with van der Waals surface area (Å²) in [5, 5.41) is 7.35. The first-order valence-electron chi connectivity index (χ1n) is 12.8. The number of hydrogen-bond donors (Lipinski definition) is 2. The van der Waals surface area contributed by atoms with E-state index in [4.69, 9.17) is 9.97 Å². The van der Waals surface area contributed by atoms with Crippen molar-refractivity contribution in [1.29, 1.82) is 0 Å². The summed E-state index contributed by atoms with van der Waals surface area (Å²) in [6.07, 6.45) is 12.8. The molecule has 5 rings (SSSR count). The van der Waals surface area contributed by atoms with E-state index in [-0.39, 0.29) is 5.82 Å². The number of aromatic nitrogens is 3. The van der Waals surface area contributed by atoms with Crippen molar-refractivity contribution in [3.63, 3.8) is 0 Å². The minimum atomic E-state index is -0.221. The molecule has 0 amide bonds. The van der Waals surface area contributed by atoms with Gasteiger partial charge in [-0.1, -0.05) is 12.1 Å². The average molecular weight is 475 g/mol. The highest BCUT2D eigenvalue weighted by atomic mass is 19.1. The molecule has 2 aliphatic carbocycles. The van der Waals surface area contributed by atoms with Gasteiger partial charge in [0.05, 0.1) is 5.69 Å². The van der Waals surface area contributed by atoms with Crippen molar-refractivity contribution in [3.05, 3.63) is 65.4 Å². The van der Waals surface area contributed by atoms with Gasteiger partial charge in [0.15, 0.2) is 0 Å². The van der Waals surface area contributed by atoms with Gasteiger partial charge in [0.25, 0.3) is 0 Å². The van der Waals surface area contributed by atoms with Crippen LogP contribution in [0.15, 0.2) is 42.7 Å². The van der Waals surface area contributed by atoms with E-state index in [0.717, 1.165) is 73.5 Å². The number of halogens is 1. The van der Waals surface area contributed by atoms with Gasteiger partial charge in [-0.25, -0.2) is 9.37 Å². The summed E-state index contributed by atoms with van der Waals surface area (Å²) in [6, 6.07) is 9.61. The van der Waals surface area contributed by atoms with E-state index in [1.54, 1.807) is 12.1 Å². The van der Waals surface area contributed by atoms with E-state index < -0.39 is 0 Å². The Morgan fingerprint density at radius 1 is 0.914 bits per heavy atom. The molecular weight excluding hydrogens is 439 g/mol. The molecule has 0 bridgehead atoms. The van der Waals surface area contributed by atoms with E-state index in [0.29, 0.717) is 12.1 Å². The predicted octanol–water partition coefficient (Wildman–Crippen LogP) is 5.14. The van der Waals surface area contributed by atoms with E-state index >= 15 is 0 Å². The lowest BCUT2D eigenvalue weighted by atomic mass is 9.91. The van der Waals surface area contributed by atoms with Crippen LogP contribution in [-0.2, 0) is 19.4 Å². The van der Waals surface area contributed by atoms with Crippen molar-refractivity contribution in [2.24, 2.45) is 0 Å². The lowest BCUT2D eigenvalue weighted by Gasteiger charge is -2.30. The van der Waals surface area contributed by atoms with Gasteiger partial charge in [0, 0.05) is 56.2 Å². The molecule has 0 unspecified atom stereocenters. The Balaban J connectivity index is 1.14. The van der Waals surface area contributed by atoms with Crippen LogP contribution in [0.5, 0.6) is 0 Å². The molecule has 2 N–H and O–H groups in total. The minimum Gasteiger partial charge on any atom is -0.362 e. The van der Waals surface area contributed by atoms with Crippen LogP contribution in [0.1, 0.15) is 55.3 Å². The Morgan fingerprint density at radius 3 is 2.43 bits per heavy atom. The first-order valence-corrected chi connectivity index (χ1v) is 12.8. The van der Waals surface area contributed by atoms with Crippen molar-refractivity contribution < 1.29 is 4.39 Å². The molecule has 1 fully saturated rings. The summed E-state index contributed by atoms with van der Waals surface area (Å²) < 4.78 is 13.2. The van der Waals surface area contributed by atoms with Crippen molar-refractivity contribution >= 4 is 11.8 Å². The number of anilines is 2. The SMILES string of the molecule is CN(C)c1nc(N[C@H]2CC[C@@H](NCc3cncc(-c4ccc(F)cc4)c3)CC2)nc2c1CCCC2. The maximum Gasteiger partial charge on any atom is 0.225 e. The number of pyridine rings is 1. The third-order valence-electron chi connectivity index (χ3n) is 7.21. The quantitative estimate of drug-likeness (QED) is 0.495. The third kappa shape index (κ3) is 5.78. The topological polar surface area (TPSA) is 66.0 Å². The highest BCUT2D eigenvalue weighted by Gasteiger charge is 2.24. The first-order chi connectivity index (χ1) is 17.0. The van der Waals surface area contributed by atoms with Crippen molar-refractivity contribution in [3.8, 4) is 11.1 Å². The van der Waals surface area contributed by atoms with Gasteiger partial charge in [0.1, 0.15) is 11.6 Å². The summed E-state index contributed by atoms with van der Waals surface area (Å²) in [7, 11) is 4.14. The van der Waals surface area contributed by atoms with Gasteiger partial charge in [-0.3, -0.25) is 4.98 Å². The molecule has 2 aromatic heterocycles. The van der Waals surface area contributed by atoms with Crippen LogP contribution in [0.3, 0.4) is 0 Å². The molecular formula is C28H35FN6. The summed E-state index contributed by atoms with van der Waals surface area (Å²) in [4.78, 5) is 16.3. The zero-order valence-corrected chi connectivity index (χ0v) is 20.7. The first kappa shape index (κ1) is 23.7. The van der Waals surface area contributed by atoms with Crippen LogP contribution in [0.2, 0.25) is 0 Å². The van der Waals surface area contributed by atoms with Crippen LogP contribution >= 0.6 is 0 Å². The lowest BCUT2D eigenvalue weighted by molar-refractivity contribution is 0.352. The Labute approximate surface area is 207 Å². The van der Waals surface area contributed by atoms with Gasteiger partial charge >= 0.3 is 0 Å². The van der Waals surface area contributed by atoms with Gasteiger partial charge in [-0.05, 0) is 80.7 Å². The molecule has 0 radical (unpaired) electrons. The molecule has 7 heteroatoms. The van der Waals surface area contributed by atoms with Gasteiger partial charge in [-0.15, -0.1) is 0 Å². The third-order valence-corrected chi connectivity index (χ3v) is 7.21. The molecule has 6 nitrogen and oxygen atoms in total. The van der Waals surface area contributed by atoms with E-state index in [1.165, 1.54) is 36.2 Å². The average Bonchev–Trinajstić information content (AvgIpc) is 2.88. The van der Waals surface area contributed by atoms with E-state index in [1.807, 2.05) is 12.4 Å². The number of hydrogen-bond acceptors (Lipinski definition) is 6. The number of fused-ring (bicyclic) bond motifs is 1. The van der Waals surface area contributed by atoms with Crippen LogP contribution in [0.4, 0.5) is 16.2 Å². The second-order valence-corrected chi connectivity index (χ2v) is 10.1. The molecule has 0 atom stereocenters. The lowest BCUT2D eigenvalue weighted by Crippen LogP contribution is -2.37. The Morgan fingerprint density at radius 2 is 1.66 bits per heavy atom. The van der Waals surface area contributed by atoms with Crippen LogP contribution in [0.25, 0.3) is 11.1 Å². The summed E-state index contributed by atoms with van der Waals surface area (Å²) in [5.41, 5.74) is 5.70. The summed E-state index contributed by atoms with van der Waals surface area (Å²) >= 11 is 0. The molecule has 184 valence electrons. The molecule has 0 saturated heterocycles. The maximum atomic E-state index is 13.2. The molecule has 3 aromatic rings. The van der Waals surface area contributed by atoms with Gasteiger partial charge in [0.2, 0.25) is 5.95 Å². The number of aryl methyl sites for hydroxylation is 1. The second-order valence-electron chi connectivity index (χ2n) is 10.1. The predicted molar refractivity (Wildman–Crippen MR) is 139 cm³/mol. The molecule has 0 aliphatic heterocycles. The van der Waals surface area contributed by atoms with Gasteiger partial charge in [-0.2, -0.15) is 4.98 Å². The zero-order valence-electron chi connectivity index (χ0n) is 20.7. The summed E-state index contributed by atoms with van der Waals surface area (Å²) in [5.74, 6) is 1.64. The smallest absolute Gasteiger partial charge is 0.225 e. The molecule has 2 aliphatic rings. The maximum absolute atomic E-state index is 13.2. The van der Waals surface area contributed by atoms with Crippen molar-refractivity contribution in [2.45, 2.75) is 70.0 Å². The van der Waals surface area contributed by atoms with E-state index in [9.17, 15) is 4.39 Å². The minimum absolute atomic E-state index is 0.221. The standard InChI is InChI=1S/C28H35FN6/c1-35(2)27-25-5-3-4-6-26(25)33-28(34-27)32-24-13-11-23(12-14-24)31-17-19-15-21(18-30-16-19)20-7-9-22(29)10-8-20/h7-10,15-16,18,23-24,31H,3-6,11-14,17H2,1-2H3,(H,32,33,34)/t23-,24+. The van der Waals surface area contributed by atoms with Gasteiger partial charge < -0.3 is 15.5 Å². The van der Waals surface area contributed by atoms with Crippen molar-refractivity contribution in [1.82, 2.24) is 20.3 Å². The van der Waals surface area contributed by atoms with Crippen LogP contribution in [0, 0.1) is 5.82 Å². The monoisotopic (exact) mass is 474 g/mol. The highest BCUT2D eigenvalue weighted by molar-refractivity contribution is 5.62. The zero-order chi connectivity index (χ0) is 24.2. The largest absolute Gasteiger partial charge is 0.362 e. The molecule has 1 saturated carbocycles. The molecule has 35 heavy (non-hydrogen) atoms. The Kier molecular flexibility index (Phi) is 7.23. The van der Waals surface area contributed by atoms with Crippen LogP contribution in [-0.4, -0.2) is 41.1 Å². The fraction of sp³-hybridized carbons (Fsp3) is 0.464. The number of rotatable bonds is 7.